The van der Waals surface area contributed by atoms with Crippen LogP contribution in [0.2, 0.25) is 0 Å². The Hall–Kier alpha value is -4.88. The Bertz CT molecular complexity index is 2220. The first-order valence-corrected chi connectivity index (χ1v) is 19.4. The van der Waals surface area contributed by atoms with E-state index in [0.717, 1.165) is 16.7 Å². The summed E-state index contributed by atoms with van der Waals surface area (Å²) in [6.45, 7) is 5.28. The molecule has 7 atom stereocenters. The normalized spacial score (nSPS) is 28.9. The molecule has 0 saturated carbocycles. The first-order chi connectivity index (χ1) is 26.4. The monoisotopic (exact) mass is 770 g/mol. The number of phenolic OH excluding ortho intramolecular Hbond substituents is 2. The van der Waals surface area contributed by atoms with Crippen LogP contribution in [0.5, 0.6) is 40.2 Å². The molecule has 0 amide bonds. The van der Waals surface area contributed by atoms with Crippen molar-refractivity contribution in [2.24, 2.45) is 0 Å². The summed E-state index contributed by atoms with van der Waals surface area (Å²) in [5.74, 6) is 0.973. The van der Waals surface area contributed by atoms with Crippen LogP contribution in [0.4, 0.5) is 0 Å². The molecule has 0 radical (unpaired) electrons. The van der Waals surface area contributed by atoms with Crippen molar-refractivity contribution in [1.29, 1.82) is 5.26 Å². The van der Waals surface area contributed by atoms with Gasteiger partial charge in [0.1, 0.15) is 18.4 Å². The van der Waals surface area contributed by atoms with Crippen molar-refractivity contribution in [3.63, 3.8) is 0 Å². The number of piperazine rings is 1. The van der Waals surface area contributed by atoms with E-state index in [2.05, 4.69) is 21.2 Å². The SMILES string of the molecule is COc1cc2c(cc1O)CCN[C@]21CS[C@@H]2c3c(OC(C)=O)c(C)c4c(c3[C@H](COC1=O)N1C2[C@H]2c3c(cc(C)c(OC)c3O)CC([C@@H]1C#N)N2C)OCO4. The van der Waals surface area contributed by atoms with E-state index in [9.17, 15) is 25.1 Å². The fourth-order valence-corrected chi connectivity index (χ4v) is 11.9. The zero-order valence-electron chi connectivity index (χ0n) is 31.3. The second-order valence-electron chi connectivity index (χ2n) is 15.1. The number of nitrogens with one attached hydrogen (secondary N) is 1. The topological polar surface area (TPSA) is 172 Å². The van der Waals surface area contributed by atoms with E-state index >= 15 is 0 Å². The number of nitrogens with zero attached hydrogens (tertiary/aromatic N) is 3. The molecule has 2 fully saturated rings. The second-order valence-corrected chi connectivity index (χ2v) is 16.2. The fourth-order valence-electron chi connectivity index (χ4n) is 10.2. The van der Waals surface area contributed by atoms with Crippen molar-refractivity contribution in [2.75, 3.05) is 47.0 Å². The molecule has 7 aliphatic heterocycles. The minimum Gasteiger partial charge on any atom is -0.504 e. The van der Waals surface area contributed by atoms with Gasteiger partial charge >= 0.3 is 11.9 Å². The lowest BCUT2D eigenvalue weighted by Crippen LogP contribution is -2.69. The maximum Gasteiger partial charge on any atom is 0.331 e. The number of ether oxygens (including phenoxy) is 6. The van der Waals surface area contributed by atoms with Crippen LogP contribution in [0.3, 0.4) is 0 Å². The Kier molecular flexibility index (Phi) is 8.36. The van der Waals surface area contributed by atoms with Crippen LogP contribution in [-0.2, 0) is 32.7 Å². The highest BCUT2D eigenvalue weighted by atomic mass is 32.2. The maximum absolute atomic E-state index is 14.7. The summed E-state index contributed by atoms with van der Waals surface area (Å²) >= 11 is 1.48. The summed E-state index contributed by atoms with van der Waals surface area (Å²) in [5, 5.41) is 36.9. The number of fused-ring (bicyclic) bond motifs is 9. The highest BCUT2D eigenvalue weighted by Gasteiger charge is 2.62. The predicted octanol–water partition coefficient (Wildman–Crippen LogP) is 3.99. The van der Waals surface area contributed by atoms with Gasteiger partial charge in [0.25, 0.3) is 0 Å². The summed E-state index contributed by atoms with van der Waals surface area (Å²) < 4.78 is 36.1. The lowest BCUT2D eigenvalue weighted by Gasteiger charge is -2.62. The second kappa shape index (κ2) is 12.8. The lowest BCUT2D eigenvalue weighted by atomic mass is 9.71. The van der Waals surface area contributed by atoms with Gasteiger partial charge < -0.3 is 38.6 Å². The van der Waals surface area contributed by atoms with Gasteiger partial charge in [-0.25, -0.2) is 4.79 Å². The van der Waals surface area contributed by atoms with Gasteiger partial charge in [0.15, 0.2) is 40.0 Å². The molecule has 4 bridgehead atoms. The minimum absolute atomic E-state index is 0.0239. The molecule has 3 N–H and O–H groups in total. The van der Waals surface area contributed by atoms with Crippen LogP contribution < -0.4 is 29.0 Å². The first-order valence-electron chi connectivity index (χ1n) is 18.3. The number of esters is 2. The number of aromatic hydroxyl groups is 2. The molecule has 7 aliphatic rings. The van der Waals surface area contributed by atoms with Crippen molar-refractivity contribution in [3.8, 4) is 46.3 Å². The summed E-state index contributed by atoms with van der Waals surface area (Å²) in [6, 6.07) is 5.28. The number of hydrogen-bond acceptors (Lipinski definition) is 15. The number of carbonyl (C=O) groups excluding carboxylic acids is 2. The Morgan fingerprint density at radius 1 is 1.05 bits per heavy atom. The van der Waals surface area contributed by atoms with Crippen molar-refractivity contribution in [3.05, 3.63) is 62.7 Å². The molecule has 15 heteroatoms. The first kappa shape index (κ1) is 35.8. The average molecular weight is 771 g/mol. The quantitative estimate of drug-likeness (QED) is 0.258. The van der Waals surface area contributed by atoms with E-state index in [1.807, 2.05) is 27.0 Å². The highest BCUT2D eigenvalue weighted by molar-refractivity contribution is 7.99. The predicted molar refractivity (Wildman–Crippen MR) is 198 cm³/mol. The van der Waals surface area contributed by atoms with Crippen LogP contribution in [0.1, 0.15) is 68.8 Å². The standard InChI is InChI=1S/C40H42N4O10S/c1-17-9-21-10-23-24(13-41)44-25-14-51-39(48)40(22-12-27(49-5)26(46)11-20(22)7-8-42-40)15-55-38(32(44)31(43(23)4)28(21)33(47)34(17)50-6)30-29(25)37-36(52-16-53-37)18(2)35(30)54-19(3)45/h9,11-12,23-25,31-32,38,42,46-47H,7-8,10,14-16H2,1-6H3/t23?,24-,25-,31+,32?,38+,40+/m0/s1. The molecule has 14 nitrogen and oxygen atoms in total. The molecule has 7 heterocycles. The molecule has 1 spiro atoms. The number of carbonyl (C=O) groups is 2. The third-order valence-corrected chi connectivity index (χ3v) is 13.9. The third-order valence-electron chi connectivity index (χ3n) is 12.4. The smallest absolute Gasteiger partial charge is 0.331 e. The highest BCUT2D eigenvalue weighted by Crippen LogP contribution is 2.64. The van der Waals surface area contributed by atoms with Crippen molar-refractivity contribution < 1.29 is 48.2 Å². The Labute approximate surface area is 322 Å². The van der Waals surface area contributed by atoms with Crippen LogP contribution in [0.25, 0.3) is 0 Å². The van der Waals surface area contributed by atoms with Crippen molar-refractivity contribution >= 4 is 23.7 Å². The van der Waals surface area contributed by atoms with Crippen molar-refractivity contribution in [2.45, 2.75) is 74.6 Å². The number of hydrogen-bond donors (Lipinski definition) is 3. The number of methoxy groups -OCH3 is 2. The molecular formula is C40H42N4O10S. The summed E-state index contributed by atoms with van der Waals surface area (Å²) in [4.78, 5) is 32.0. The van der Waals surface area contributed by atoms with Gasteiger partial charge in [-0.2, -0.15) is 5.26 Å². The van der Waals surface area contributed by atoms with Crippen LogP contribution in [-0.4, -0.2) is 97.0 Å². The molecule has 3 aromatic rings. The Morgan fingerprint density at radius 3 is 2.56 bits per heavy atom. The number of rotatable bonds is 3. The van der Waals surface area contributed by atoms with Crippen molar-refractivity contribution in [1.82, 2.24) is 15.1 Å². The molecule has 2 unspecified atom stereocenters. The van der Waals surface area contributed by atoms with E-state index in [1.54, 1.807) is 12.1 Å². The van der Waals surface area contributed by atoms with E-state index in [1.165, 1.54) is 32.9 Å². The van der Waals surface area contributed by atoms with E-state index in [4.69, 9.17) is 28.4 Å². The van der Waals surface area contributed by atoms with Crippen LogP contribution >= 0.6 is 11.8 Å². The van der Waals surface area contributed by atoms with E-state index < -0.39 is 46.9 Å². The zero-order valence-corrected chi connectivity index (χ0v) is 32.2. The van der Waals surface area contributed by atoms with Gasteiger partial charge in [-0.15, -0.1) is 11.8 Å². The number of nitriles is 1. The Balaban J connectivity index is 1.33. The molecule has 3 aromatic carbocycles. The number of likely N-dealkylation sites (N-methyl/N-ethyl adjacent to an activating group) is 1. The number of thioether (sulfide) groups is 1. The average Bonchev–Trinajstić information content (AvgIpc) is 3.65. The van der Waals surface area contributed by atoms with Gasteiger partial charge in [0, 0.05) is 53.6 Å². The largest absolute Gasteiger partial charge is 0.504 e. The lowest BCUT2D eigenvalue weighted by molar-refractivity contribution is -0.157. The number of benzene rings is 3. The molecule has 0 aromatic heterocycles. The zero-order chi connectivity index (χ0) is 38.7. The fraction of sp³-hybridized carbons (Fsp3) is 0.475. The van der Waals surface area contributed by atoms with Crippen LogP contribution in [0.15, 0.2) is 18.2 Å². The van der Waals surface area contributed by atoms with Gasteiger partial charge in [-0.1, -0.05) is 6.07 Å². The molecule has 2 saturated heterocycles. The summed E-state index contributed by atoms with van der Waals surface area (Å²) in [5.41, 5.74) is 4.41. The van der Waals surface area contributed by atoms with Gasteiger partial charge in [0.2, 0.25) is 6.79 Å². The van der Waals surface area contributed by atoms with E-state index in [0.29, 0.717) is 70.2 Å². The molecule has 288 valence electrons. The third kappa shape index (κ3) is 4.90. The number of aryl methyl sites for hydroxylation is 1. The number of phenols is 2. The molecule has 55 heavy (non-hydrogen) atoms. The van der Waals surface area contributed by atoms with E-state index in [-0.39, 0.29) is 42.4 Å². The van der Waals surface area contributed by atoms with Gasteiger partial charge in [-0.05, 0) is 68.1 Å². The van der Waals surface area contributed by atoms with Crippen LogP contribution in [0, 0.1) is 25.2 Å². The molecule has 10 rings (SSSR count). The van der Waals surface area contributed by atoms with Gasteiger partial charge in [0.05, 0.1) is 37.6 Å². The maximum atomic E-state index is 14.7. The molecule has 0 aliphatic carbocycles. The molecular weight excluding hydrogens is 729 g/mol. The minimum atomic E-state index is -1.36. The van der Waals surface area contributed by atoms with Gasteiger partial charge in [-0.3, -0.25) is 19.9 Å². The summed E-state index contributed by atoms with van der Waals surface area (Å²) in [7, 11) is 4.99. The Morgan fingerprint density at radius 2 is 1.84 bits per heavy atom. The summed E-state index contributed by atoms with van der Waals surface area (Å²) in [6.07, 6.45) is 1.05.